The molecule has 0 fully saturated rings. The van der Waals surface area contributed by atoms with Crippen LogP contribution < -0.4 is 10.1 Å². The van der Waals surface area contributed by atoms with Crippen LogP contribution in [0, 0.1) is 6.92 Å². The van der Waals surface area contributed by atoms with Crippen molar-refractivity contribution in [2.75, 3.05) is 11.2 Å². The van der Waals surface area contributed by atoms with Gasteiger partial charge in [-0.25, -0.2) is 0 Å². The molecule has 0 aliphatic carbocycles. The molecule has 1 aromatic rings. The number of halogens is 1. The first-order chi connectivity index (χ1) is 7.52. The van der Waals surface area contributed by atoms with E-state index in [1.807, 2.05) is 39.0 Å². The second-order valence-electron chi connectivity index (χ2n) is 3.83. The molecule has 0 aliphatic rings. The lowest BCUT2D eigenvalue weighted by molar-refractivity contribution is -0.113. The van der Waals surface area contributed by atoms with Crippen molar-refractivity contribution in [3.8, 4) is 5.75 Å². The van der Waals surface area contributed by atoms with Crippen LogP contribution in [0.25, 0.3) is 0 Å². The van der Waals surface area contributed by atoms with Crippen molar-refractivity contribution in [2.45, 2.75) is 26.9 Å². The second-order valence-corrected chi connectivity index (χ2v) is 4.09. The number of anilines is 1. The number of carbonyl (C=O) groups is 1. The van der Waals surface area contributed by atoms with Gasteiger partial charge in [0.05, 0.1) is 6.10 Å². The molecular formula is C12H16ClNO2. The van der Waals surface area contributed by atoms with Crippen LogP contribution in [-0.4, -0.2) is 17.9 Å². The summed E-state index contributed by atoms with van der Waals surface area (Å²) in [6.45, 7) is 5.86. The summed E-state index contributed by atoms with van der Waals surface area (Å²) in [6.07, 6.45) is 0.141. The van der Waals surface area contributed by atoms with Crippen molar-refractivity contribution in [1.82, 2.24) is 0 Å². The van der Waals surface area contributed by atoms with Gasteiger partial charge in [-0.1, -0.05) is 0 Å². The van der Waals surface area contributed by atoms with Gasteiger partial charge in [-0.05, 0) is 44.5 Å². The second kappa shape index (κ2) is 5.75. The highest BCUT2D eigenvalue weighted by Gasteiger charge is 2.05. The molecule has 0 radical (unpaired) electrons. The summed E-state index contributed by atoms with van der Waals surface area (Å²) in [7, 11) is 0. The summed E-state index contributed by atoms with van der Waals surface area (Å²) in [4.78, 5) is 11.1. The average molecular weight is 242 g/mol. The third-order valence-electron chi connectivity index (χ3n) is 1.97. The molecule has 0 bridgehead atoms. The fourth-order valence-corrected chi connectivity index (χ4v) is 1.37. The maximum Gasteiger partial charge on any atom is 0.239 e. The van der Waals surface area contributed by atoms with Crippen molar-refractivity contribution in [2.24, 2.45) is 0 Å². The SMILES string of the molecule is Cc1cc(OC(C)C)ccc1NC(=O)CCl. The zero-order valence-electron chi connectivity index (χ0n) is 9.71. The molecule has 16 heavy (non-hydrogen) atoms. The molecule has 0 unspecified atom stereocenters. The standard InChI is InChI=1S/C12H16ClNO2/c1-8(2)16-10-4-5-11(9(3)6-10)14-12(15)7-13/h4-6,8H,7H2,1-3H3,(H,14,15). The Morgan fingerprint density at radius 1 is 1.50 bits per heavy atom. The minimum atomic E-state index is -0.206. The van der Waals surface area contributed by atoms with Crippen molar-refractivity contribution in [1.29, 1.82) is 0 Å². The van der Waals surface area contributed by atoms with Gasteiger partial charge in [-0.15, -0.1) is 11.6 Å². The molecule has 1 aromatic carbocycles. The van der Waals surface area contributed by atoms with E-state index in [9.17, 15) is 4.79 Å². The lowest BCUT2D eigenvalue weighted by atomic mass is 10.2. The molecular weight excluding hydrogens is 226 g/mol. The maximum absolute atomic E-state index is 11.1. The summed E-state index contributed by atoms with van der Waals surface area (Å²) in [5.41, 5.74) is 1.72. The van der Waals surface area contributed by atoms with Crippen LogP contribution in [0.2, 0.25) is 0 Å². The molecule has 0 aliphatic heterocycles. The zero-order valence-corrected chi connectivity index (χ0v) is 10.5. The quantitative estimate of drug-likeness (QED) is 0.823. The predicted molar refractivity (Wildman–Crippen MR) is 66.3 cm³/mol. The topological polar surface area (TPSA) is 38.3 Å². The molecule has 0 saturated carbocycles. The minimum Gasteiger partial charge on any atom is -0.491 e. The molecule has 1 N–H and O–H groups in total. The van der Waals surface area contributed by atoms with E-state index in [-0.39, 0.29) is 17.9 Å². The first-order valence-corrected chi connectivity index (χ1v) is 5.69. The van der Waals surface area contributed by atoms with Gasteiger partial charge < -0.3 is 10.1 Å². The third-order valence-corrected chi connectivity index (χ3v) is 2.21. The molecule has 1 rings (SSSR count). The Kier molecular flexibility index (Phi) is 4.62. The molecule has 88 valence electrons. The van der Waals surface area contributed by atoms with Gasteiger partial charge >= 0.3 is 0 Å². The van der Waals surface area contributed by atoms with Gasteiger partial charge in [0.1, 0.15) is 11.6 Å². The largest absolute Gasteiger partial charge is 0.491 e. The van der Waals surface area contributed by atoms with Gasteiger partial charge in [0.25, 0.3) is 0 Å². The molecule has 0 heterocycles. The summed E-state index contributed by atoms with van der Waals surface area (Å²) < 4.78 is 5.54. The highest BCUT2D eigenvalue weighted by molar-refractivity contribution is 6.29. The number of carbonyl (C=O) groups excluding carboxylic acids is 1. The van der Waals surface area contributed by atoms with Crippen LogP contribution in [0.5, 0.6) is 5.75 Å². The van der Waals surface area contributed by atoms with E-state index in [0.717, 1.165) is 17.0 Å². The number of hydrogen-bond acceptors (Lipinski definition) is 2. The van der Waals surface area contributed by atoms with Crippen LogP contribution in [0.15, 0.2) is 18.2 Å². The maximum atomic E-state index is 11.1. The van der Waals surface area contributed by atoms with E-state index in [4.69, 9.17) is 16.3 Å². The smallest absolute Gasteiger partial charge is 0.239 e. The van der Waals surface area contributed by atoms with Crippen LogP contribution in [0.4, 0.5) is 5.69 Å². The summed E-state index contributed by atoms with van der Waals surface area (Å²) >= 11 is 5.42. The monoisotopic (exact) mass is 241 g/mol. The fraction of sp³-hybridized carbons (Fsp3) is 0.417. The highest BCUT2D eigenvalue weighted by Crippen LogP contribution is 2.22. The van der Waals surface area contributed by atoms with E-state index in [1.54, 1.807) is 0 Å². The van der Waals surface area contributed by atoms with E-state index in [1.165, 1.54) is 0 Å². The normalized spacial score (nSPS) is 10.3. The van der Waals surface area contributed by atoms with Crippen LogP contribution in [0.1, 0.15) is 19.4 Å². The summed E-state index contributed by atoms with van der Waals surface area (Å²) in [5.74, 6) is 0.558. The van der Waals surface area contributed by atoms with E-state index >= 15 is 0 Å². The Bertz CT molecular complexity index is 377. The number of hydrogen-bond donors (Lipinski definition) is 1. The predicted octanol–water partition coefficient (Wildman–Crippen LogP) is 2.96. The molecule has 4 heteroatoms. The Hall–Kier alpha value is -1.22. The fourth-order valence-electron chi connectivity index (χ4n) is 1.31. The molecule has 0 aromatic heterocycles. The number of amides is 1. The van der Waals surface area contributed by atoms with E-state index < -0.39 is 0 Å². The number of benzene rings is 1. The first-order valence-electron chi connectivity index (χ1n) is 5.16. The van der Waals surface area contributed by atoms with Gasteiger partial charge in [0.2, 0.25) is 5.91 Å². The van der Waals surface area contributed by atoms with Crippen molar-refractivity contribution < 1.29 is 9.53 Å². The van der Waals surface area contributed by atoms with Crippen LogP contribution in [-0.2, 0) is 4.79 Å². The number of rotatable bonds is 4. The zero-order chi connectivity index (χ0) is 12.1. The number of nitrogens with one attached hydrogen (secondary N) is 1. The lowest BCUT2D eigenvalue weighted by Gasteiger charge is -2.12. The van der Waals surface area contributed by atoms with E-state index in [2.05, 4.69) is 5.32 Å². The average Bonchev–Trinajstić information content (AvgIpc) is 2.21. The van der Waals surface area contributed by atoms with Crippen LogP contribution in [0.3, 0.4) is 0 Å². The van der Waals surface area contributed by atoms with Gasteiger partial charge in [0, 0.05) is 5.69 Å². The Morgan fingerprint density at radius 3 is 2.69 bits per heavy atom. The molecule has 0 spiro atoms. The number of alkyl halides is 1. The summed E-state index contributed by atoms with van der Waals surface area (Å²) in [5, 5.41) is 2.71. The minimum absolute atomic E-state index is 0.0380. The van der Waals surface area contributed by atoms with Crippen molar-refractivity contribution in [3.63, 3.8) is 0 Å². The molecule has 1 amide bonds. The molecule has 3 nitrogen and oxygen atoms in total. The van der Waals surface area contributed by atoms with Gasteiger partial charge in [-0.3, -0.25) is 4.79 Å². The summed E-state index contributed by atoms with van der Waals surface area (Å²) in [6, 6.07) is 5.54. The van der Waals surface area contributed by atoms with Crippen LogP contribution >= 0.6 is 11.6 Å². The van der Waals surface area contributed by atoms with Crippen molar-refractivity contribution >= 4 is 23.2 Å². The Morgan fingerprint density at radius 2 is 2.19 bits per heavy atom. The van der Waals surface area contributed by atoms with Gasteiger partial charge in [0.15, 0.2) is 0 Å². The Balaban J connectivity index is 2.79. The number of ether oxygens (including phenoxy) is 1. The Labute approximate surface area is 101 Å². The van der Waals surface area contributed by atoms with E-state index in [0.29, 0.717) is 0 Å². The molecule has 0 atom stereocenters. The van der Waals surface area contributed by atoms with Crippen molar-refractivity contribution in [3.05, 3.63) is 23.8 Å². The highest BCUT2D eigenvalue weighted by atomic mass is 35.5. The molecule has 0 saturated heterocycles. The van der Waals surface area contributed by atoms with Gasteiger partial charge in [-0.2, -0.15) is 0 Å². The first kappa shape index (κ1) is 12.8. The third kappa shape index (κ3) is 3.74. The number of aryl methyl sites for hydroxylation is 1. The lowest BCUT2D eigenvalue weighted by Crippen LogP contribution is -2.13.